The molecule has 112 valence electrons. The standard InChI is InChI=1S/C16H24O4/c1-5-16(6-2,15(17)18)9-10-20-13-8-7-12(3)11-14(13)19-4/h7-8,11H,5-6,9-10H2,1-4H3,(H,17,18). The minimum atomic E-state index is -0.748. The molecule has 0 aliphatic carbocycles. The number of hydrogen-bond donors (Lipinski definition) is 1. The van der Waals surface area contributed by atoms with Crippen molar-refractivity contribution in [1.29, 1.82) is 0 Å². The van der Waals surface area contributed by atoms with Gasteiger partial charge < -0.3 is 14.6 Å². The third kappa shape index (κ3) is 3.65. The Hall–Kier alpha value is -1.71. The highest BCUT2D eigenvalue weighted by molar-refractivity contribution is 5.74. The smallest absolute Gasteiger partial charge is 0.309 e. The number of rotatable bonds is 8. The highest BCUT2D eigenvalue weighted by Gasteiger charge is 2.34. The lowest BCUT2D eigenvalue weighted by Crippen LogP contribution is -2.31. The van der Waals surface area contributed by atoms with E-state index in [-0.39, 0.29) is 0 Å². The zero-order valence-electron chi connectivity index (χ0n) is 12.7. The molecule has 0 spiro atoms. The van der Waals surface area contributed by atoms with E-state index >= 15 is 0 Å². The van der Waals surface area contributed by atoms with Gasteiger partial charge in [0.05, 0.1) is 19.1 Å². The highest BCUT2D eigenvalue weighted by Crippen LogP contribution is 2.33. The molecule has 0 unspecified atom stereocenters. The van der Waals surface area contributed by atoms with Crippen LogP contribution in [0.5, 0.6) is 11.5 Å². The average molecular weight is 280 g/mol. The Kier molecular flexibility index (Phi) is 5.86. The van der Waals surface area contributed by atoms with Crippen LogP contribution in [0.25, 0.3) is 0 Å². The number of ether oxygens (including phenoxy) is 2. The monoisotopic (exact) mass is 280 g/mol. The van der Waals surface area contributed by atoms with E-state index in [0.717, 1.165) is 5.56 Å². The first-order valence-electron chi connectivity index (χ1n) is 7.00. The maximum atomic E-state index is 11.4. The fourth-order valence-electron chi connectivity index (χ4n) is 2.26. The summed E-state index contributed by atoms with van der Waals surface area (Å²) in [6.07, 6.45) is 1.70. The van der Waals surface area contributed by atoms with Gasteiger partial charge in [-0.15, -0.1) is 0 Å². The third-order valence-corrected chi connectivity index (χ3v) is 3.96. The lowest BCUT2D eigenvalue weighted by Gasteiger charge is -2.26. The van der Waals surface area contributed by atoms with E-state index in [0.29, 0.717) is 37.4 Å². The lowest BCUT2D eigenvalue weighted by atomic mass is 9.79. The first-order valence-corrected chi connectivity index (χ1v) is 7.00. The molecule has 0 atom stereocenters. The molecular formula is C16H24O4. The molecule has 4 nitrogen and oxygen atoms in total. The van der Waals surface area contributed by atoms with Gasteiger partial charge in [-0.05, 0) is 43.9 Å². The molecule has 0 heterocycles. The largest absolute Gasteiger partial charge is 0.493 e. The predicted octanol–water partition coefficient (Wildman–Crippen LogP) is 3.66. The minimum absolute atomic E-state index is 0.368. The summed E-state index contributed by atoms with van der Waals surface area (Å²) < 4.78 is 11.0. The number of aliphatic carboxylic acids is 1. The van der Waals surface area contributed by atoms with Crippen molar-refractivity contribution in [2.75, 3.05) is 13.7 Å². The fourth-order valence-corrected chi connectivity index (χ4v) is 2.26. The lowest BCUT2D eigenvalue weighted by molar-refractivity contribution is -0.150. The molecule has 0 bridgehead atoms. The van der Waals surface area contributed by atoms with Crippen LogP contribution in [0.3, 0.4) is 0 Å². The number of carbonyl (C=O) groups is 1. The van der Waals surface area contributed by atoms with E-state index < -0.39 is 11.4 Å². The Labute approximate surface area is 120 Å². The van der Waals surface area contributed by atoms with Crippen LogP contribution in [0.1, 0.15) is 38.7 Å². The number of carboxylic acid groups (broad SMARTS) is 1. The Balaban J connectivity index is 2.70. The predicted molar refractivity (Wildman–Crippen MR) is 78.5 cm³/mol. The van der Waals surface area contributed by atoms with Crippen LogP contribution in [0.4, 0.5) is 0 Å². The molecule has 0 saturated heterocycles. The van der Waals surface area contributed by atoms with Crippen molar-refractivity contribution in [3.63, 3.8) is 0 Å². The first kappa shape index (κ1) is 16.3. The van der Waals surface area contributed by atoms with E-state index in [2.05, 4.69) is 0 Å². The third-order valence-electron chi connectivity index (χ3n) is 3.96. The molecule has 0 aliphatic heterocycles. The summed E-state index contributed by atoms with van der Waals surface area (Å²) in [5.41, 5.74) is 0.397. The summed E-state index contributed by atoms with van der Waals surface area (Å²) in [4.78, 5) is 11.4. The molecule has 0 aliphatic rings. The maximum Gasteiger partial charge on any atom is 0.309 e. The summed E-state index contributed by atoms with van der Waals surface area (Å²) >= 11 is 0. The van der Waals surface area contributed by atoms with Gasteiger partial charge in [0, 0.05) is 0 Å². The Morgan fingerprint density at radius 1 is 1.25 bits per heavy atom. The van der Waals surface area contributed by atoms with Crippen LogP contribution in [-0.2, 0) is 4.79 Å². The molecule has 0 fully saturated rings. The van der Waals surface area contributed by atoms with Gasteiger partial charge in [0.25, 0.3) is 0 Å². The molecular weight excluding hydrogens is 256 g/mol. The number of aryl methyl sites for hydroxylation is 1. The van der Waals surface area contributed by atoms with E-state index in [4.69, 9.17) is 9.47 Å². The van der Waals surface area contributed by atoms with Gasteiger partial charge in [-0.3, -0.25) is 4.79 Å². The normalized spacial score (nSPS) is 11.2. The molecule has 1 rings (SSSR count). The topological polar surface area (TPSA) is 55.8 Å². The molecule has 1 aromatic carbocycles. The van der Waals surface area contributed by atoms with Crippen LogP contribution in [0, 0.1) is 12.3 Å². The number of benzene rings is 1. The number of hydrogen-bond acceptors (Lipinski definition) is 3. The molecule has 1 aromatic rings. The summed E-state index contributed by atoms with van der Waals surface area (Å²) in [6.45, 7) is 6.16. The molecule has 0 radical (unpaired) electrons. The Morgan fingerprint density at radius 2 is 1.90 bits per heavy atom. The summed E-state index contributed by atoms with van der Waals surface area (Å²) in [6, 6.07) is 5.70. The first-order chi connectivity index (χ1) is 9.49. The molecule has 0 amide bonds. The average Bonchev–Trinajstić information content (AvgIpc) is 2.44. The molecule has 0 aromatic heterocycles. The van der Waals surface area contributed by atoms with Gasteiger partial charge >= 0.3 is 5.97 Å². The SMILES string of the molecule is CCC(CC)(CCOc1ccc(C)cc1OC)C(=O)O. The molecule has 20 heavy (non-hydrogen) atoms. The van der Waals surface area contributed by atoms with E-state index in [1.807, 2.05) is 39.0 Å². The highest BCUT2D eigenvalue weighted by atomic mass is 16.5. The molecule has 4 heteroatoms. The van der Waals surface area contributed by atoms with Gasteiger partial charge in [-0.2, -0.15) is 0 Å². The van der Waals surface area contributed by atoms with Crippen LogP contribution in [0.2, 0.25) is 0 Å². The Morgan fingerprint density at radius 3 is 2.40 bits per heavy atom. The molecule has 1 N–H and O–H groups in total. The number of carboxylic acids is 1. The zero-order chi connectivity index (χ0) is 15.2. The second-order valence-electron chi connectivity index (χ2n) is 5.05. The van der Waals surface area contributed by atoms with Crippen molar-refractivity contribution in [1.82, 2.24) is 0 Å². The zero-order valence-corrected chi connectivity index (χ0v) is 12.7. The molecule has 0 saturated carbocycles. The summed E-state index contributed by atoms with van der Waals surface area (Å²) in [5.74, 6) is 0.588. The van der Waals surface area contributed by atoms with Crippen LogP contribution >= 0.6 is 0 Å². The Bertz CT molecular complexity index is 450. The van der Waals surface area contributed by atoms with Crippen molar-refractivity contribution in [2.45, 2.75) is 40.0 Å². The van der Waals surface area contributed by atoms with Crippen LogP contribution in [0.15, 0.2) is 18.2 Å². The summed E-state index contributed by atoms with van der Waals surface area (Å²) in [7, 11) is 1.60. The number of methoxy groups -OCH3 is 1. The second kappa shape index (κ2) is 7.17. The van der Waals surface area contributed by atoms with Crippen molar-refractivity contribution >= 4 is 5.97 Å². The van der Waals surface area contributed by atoms with Gasteiger partial charge in [-0.1, -0.05) is 19.9 Å². The maximum absolute atomic E-state index is 11.4. The van der Waals surface area contributed by atoms with Crippen molar-refractivity contribution in [3.05, 3.63) is 23.8 Å². The van der Waals surface area contributed by atoms with Crippen molar-refractivity contribution < 1.29 is 19.4 Å². The van der Waals surface area contributed by atoms with Crippen LogP contribution in [-0.4, -0.2) is 24.8 Å². The summed E-state index contributed by atoms with van der Waals surface area (Å²) in [5, 5.41) is 9.38. The van der Waals surface area contributed by atoms with Crippen molar-refractivity contribution in [3.8, 4) is 11.5 Å². The quantitative estimate of drug-likeness (QED) is 0.789. The van der Waals surface area contributed by atoms with Gasteiger partial charge in [-0.25, -0.2) is 0 Å². The van der Waals surface area contributed by atoms with E-state index in [1.54, 1.807) is 7.11 Å². The van der Waals surface area contributed by atoms with Crippen molar-refractivity contribution in [2.24, 2.45) is 5.41 Å². The van der Waals surface area contributed by atoms with E-state index in [1.165, 1.54) is 0 Å². The second-order valence-corrected chi connectivity index (χ2v) is 5.05. The van der Waals surface area contributed by atoms with E-state index in [9.17, 15) is 9.90 Å². The van der Waals surface area contributed by atoms with Gasteiger partial charge in [0.15, 0.2) is 11.5 Å². The van der Waals surface area contributed by atoms with Crippen LogP contribution < -0.4 is 9.47 Å². The fraction of sp³-hybridized carbons (Fsp3) is 0.562. The minimum Gasteiger partial charge on any atom is -0.493 e. The van der Waals surface area contributed by atoms with Gasteiger partial charge in [0.2, 0.25) is 0 Å². The van der Waals surface area contributed by atoms with Gasteiger partial charge in [0.1, 0.15) is 0 Å².